The van der Waals surface area contributed by atoms with Gasteiger partial charge in [0, 0.05) is 57.4 Å². The van der Waals surface area contributed by atoms with Gasteiger partial charge in [-0.2, -0.15) is 0 Å². The second-order valence-electron chi connectivity index (χ2n) is 7.13. The lowest BCUT2D eigenvalue weighted by molar-refractivity contribution is 0.173. The number of rotatable bonds is 9. The Morgan fingerprint density at radius 1 is 1.18 bits per heavy atom. The molecule has 2 aromatic heterocycles. The van der Waals surface area contributed by atoms with E-state index in [0.29, 0.717) is 18.6 Å². The number of pyridine rings is 1. The van der Waals surface area contributed by atoms with Crippen molar-refractivity contribution < 1.29 is 0 Å². The maximum Gasteiger partial charge on any atom is 0.191 e. The summed E-state index contributed by atoms with van der Waals surface area (Å²) in [6.07, 6.45) is 8.32. The average Bonchev–Trinajstić information content (AvgIpc) is 3.18. The summed E-state index contributed by atoms with van der Waals surface area (Å²) in [6, 6.07) is 5.19. The minimum Gasteiger partial charge on any atom is -0.356 e. The van der Waals surface area contributed by atoms with Crippen LogP contribution in [-0.4, -0.2) is 57.6 Å². The normalized spacial score (nSPS) is 11.8. The highest BCUT2D eigenvalue weighted by Crippen LogP contribution is 2.06. The van der Waals surface area contributed by atoms with E-state index in [0.717, 1.165) is 36.9 Å². The maximum absolute atomic E-state index is 4.47. The quantitative estimate of drug-likeness (QED) is 0.240. The molecule has 0 radical (unpaired) electrons. The number of nitrogens with one attached hydrogen (secondary N) is 2. The van der Waals surface area contributed by atoms with Crippen molar-refractivity contribution in [3.63, 3.8) is 0 Å². The van der Waals surface area contributed by atoms with Crippen molar-refractivity contribution in [1.29, 1.82) is 0 Å². The van der Waals surface area contributed by atoms with Crippen LogP contribution in [0.5, 0.6) is 0 Å². The number of imidazole rings is 1. The van der Waals surface area contributed by atoms with Gasteiger partial charge in [-0.15, -0.1) is 24.0 Å². The molecule has 0 bridgehead atoms. The summed E-state index contributed by atoms with van der Waals surface area (Å²) < 4.78 is 1.88. The zero-order valence-electron chi connectivity index (χ0n) is 17.6. The number of aromatic nitrogens is 3. The molecule has 2 N–H and O–H groups in total. The van der Waals surface area contributed by atoms with Crippen molar-refractivity contribution >= 4 is 29.9 Å². The highest BCUT2D eigenvalue weighted by Gasteiger charge is 2.12. The molecule has 0 saturated carbocycles. The molecule has 0 aliphatic rings. The molecule has 0 saturated heterocycles. The van der Waals surface area contributed by atoms with Crippen molar-refractivity contribution in [2.24, 2.45) is 4.99 Å². The Hall–Kier alpha value is -1.68. The third-order valence-corrected chi connectivity index (χ3v) is 4.47. The topological polar surface area (TPSA) is 70.4 Å². The minimum atomic E-state index is 0. The fraction of sp³-hybridized carbons (Fsp3) is 0.550. The summed E-state index contributed by atoms with van der Waals surface area (Å²) in [7, 11) is 1.80. The lowest BCUT2D eigenvalue weighted by Crippen LogP contribution is -2.41. The highest BCUT2D eigenvalue weighted by atomic mass is 127. The molecule has 7 nitrogen and oxygen atoms in total. The summed E-state index contributed by atoms with van der Waals surface area (Å²) in [5.74, 6) is 1.67. The van der Waals surface area contributed by atoms with Crippen molar-refractivity contribution in [1.82, 2.24) is 30.1 Å². The van der Waals surface area contributed by atoms with Crippen LogP contribution in [0.4, 0.5) is 0 Å². The van der Waals surface area contributed by atoms with Crippen LogP contribution in [0.3, 0.4) is 0 Å². The zero-order valence-corrected chi connectivity index (χ0v) is 19.9. The molecule has 2 aromatic rings. The van der Waals surface area contributed by atoms with Crippen molar-refractivity contribution in [3.05, 3.63) is 42.6 Å². The number of hydrogen-bond acceptors (Lipinski definition) is 4. The Morgan fingerprint density at radius 2 is 1.93 bits per heavy atom. The lowest BCUT2D eigenvalue weighted by Gasteiger charge is -2.30. The van der Waals surface area contributed by atoms with Crippen LogP contribution in [0.2, 0.25) is 0 Å². The molecule has 0 fully saturated rings. The molecule has 0 aliphatic carbocycles. The van der Waals surface area contributed by atoms with Crippen LogP contribution in [0.1, 0.15) is 39.7 Å². The molecule has 0 unspecified atom stereocenters. The first-order valence-corrected chi connectivity index (χ1v) is 9.64. The SMILES string of the molecule is CN=C(NCCCN(C(C)C)C(C)C)NCc1ccc(-n2ccnc2)nc1.I. The first-order chi connectivity index (χ1) is 13.0. The standard InChI is InChI=1S/C20H33N7.HI/c1-16(2)27(17(3)4)11-6-9-23-20(21-5)25-14-18-7-8-19(24-13-18)26-12-10-22-15-26;/h7-8,10,12-13,15-17H,6,9,11,14H2,1-5H3,(H2,21,23,25);1H. The molecular formula is C20H34IN7. The monoisotopic (exact) mass is 499 g/mol. The van der Waals surface area contributed by atoms with Gasteiger partial charge in [0.05, 0.1) is 0 Å². The van der Waals surface area contributed by atoms with Crippen LogP contribution in [0, 0.1) is 0 Å². The summed E-state index contributed by atoms with van der Waals surface area (Å²) in [5.41, 5.74) is 1.10. The fourth-order valence-corrected chi connectivity index (χ4v) is 3.06. The van der Waals surface area contributed by atoms with Gasteiger partial charge in [0.2, 0.25) is 0 Å². The van der Waals surface area contributed by atoms with Gasteiger partial charge in [0.15, 0.2) is 5.96 Å². The van der Waals surface area contributed by atoms with Crippen LogP contribution < -0.4 is 10.6 Å². The number of hydrogen-bond donors (Lipinski definition) is 2. The second kappa shape index (κ2) is 12.7. The van der Waals surface area contributed by atoms with E-state index in [9.17, 15) is 0 Å². The molecule has 0 spiro atoms. The summed E-state index contributed by atoms with van der Waals surface area (Å²) >= 11 is 0. The predicted octanol–water partition coefficient (Wildman–Crippen LogP) is 3.06. The van der Waals surface area contributed by atoms with Gasteiger partial charge in [-0.05, 0) is 45.7 Å². The van der Waals surface area contributed by atoms with E-state index in [1.807, 2.05) is 23.0 Å². The summed E-state index contributed by atoms with van der Waals surface area (Å²) in [6.45, 7) is 11.7. The fourth-order valence-electron chi connectivity index (χ4n) is 3.06. The molecule has 0 amide bonds. The van der Waals surface area contributed by atoms with E-state index in [-0.39, 0.29) is 24.0 Å². The largest absolute Gasteiger partial charge is 0.356 e. The molecule has 0 aliphatic heterocycles. The lowest BCUT2D eigenvalue weighted by atomic mass is 10.2. The molecule has 28 heavy (non-hydrogen) atoms. The van der Waals surface area contributed by atoms with E-state index in [1.54, 1.807) is 19.6 Å². The molecule has 2 heterocycles. The Labute approximate surface area is 186 Å². The minimum absolute atomic E-state index is 0. The maximum atomic E-state index is 4.47. The van der Waals surface area contributed by atoms with E-state index < -0.39 is 0 Å². The van der Waals surface area contributed by atoms with Crippen molar-refractivity contribution in [2.75, 3.05) is 20.1 Å². The molecular weight excluding hydrogens is 465 g/mol. The Kier molecular flexibility index (Phi) is 11.1. The first kappa shape index (κ1) is 24.4. The third kappa shape index (κ3) is 7.75. The second-order valence-corrected chi connectivity index (χ2v) is 7.13. The predicted molar refractivity (Wildman–Crippen MR) is 127 cm³/mol. The molecule has 8 heteroatoms. The van der Waals surface area contributed by atoms with Gasteiger partial charge < -0.3 is 10.6 Å². The van der Waals surface area contributed by atoms with Gasteiger partial charge in [-0.1, -0.05) is 6.07 Å². The van der Waals surface area contributed by atoms with Gasteiger partial charge in [-0.25, -0.2) is 9.97 Å². The third-order valence-electron chi connectivity index (χ3n) is 4.47. The Morgan fingerprint density at radius 3 is 2.46 bits per heavy atom. The number of nitrogens with zero attached hydrogens (tertiary/aromatic N) is 5. The molecule has 156 valence electrons. The van der Waals surface area contributed by atoms with E-state index in [4.69, 9.17) is 0 Å². The Bertz CT molecular complexity index is 673. The first-order valence-electron chi connectivity index (χ1n) is 9.64. The van der Waals surface area contributed by atoms with Gasteiger partial charge in [0.25, 0.3) is 0 Å². The van der Waals surface area contributed by atoms with Gasteiger partial charge >= 0.3 is 0 Å². The van der Waals surface area contributed by atoms with Crippen molar-refractivity contribution in [3.8, 4) is 5.82 Å². The van der Waals surface area contributed by atoms with Gasteiger partial charge in [0.1, 0.15) is 12.1 Å². The Balaban J connectivity index is 0.00000392. The number of halogens is 1. The highest BCUT2D eigenvalue weighted by molar-refractivity contribution is 14.0. The van der Waals surface area contributed by atoms with Crippen LogP contribution in [-0.2, 0) is 6.54 Å². The average molecular weight is 499 g/mol. The van der Waals surface area contributed by atoms with Crippen LogP contribution in [0.15, 0.2) is 42.0 Å². The molecule has 2 rings (SSSR count). The number of aliphatic imine (C=N–C) groups is 1. The smallest absolute Gasteiger partial charge is 0.191 e. The van der Waals surface area contributed by atoms with E-state index in [1.165, 1.54) is 0 Å². The van der Waals surface area contributed by atoms with E-state index in [2.05, 4.69) is 64.3 Å². The van der Waals surface area contributed by atoms with Crippen LogP contribution >= 0.6 is 24.0 Å². The zero-order chi connectivity index (χ0) is 19.6. The van der Waals surface area contributed by atoms with E-state index >= 15 is 0 Å². The summed E-state index contributed by atoms with van der Waals surface area (Å²) in [5, 5.41) is 6.73. The van der Waals surface area contributed by atoms with Gasteiger partial charge in [-0.3, -0.25) is 14.5 Å². The molecule has 0 aromatic carbocycles. The van der Waals surface area contributed by atoms with Crippen LogP contribution in [0.25, 0.3) is 5.82 Å². The van der Waals surface area contributed by atoms with Crippen molar-refractivity contribution in [2.45, 2.75) is 52.7 Å². The number of guanidine groups is 1. The summed E-state index contributed by atoms with van der Waals surface area (Å²) in [4.78, 5) is 15.3. The molecule has 0 atom stereocenters.